The van der Waals surface area contributed by atoms with E-state index in [0.29, 0.717) is 40.6 Å². The van der Waals surface area contributed by atoms with Crippen LogP contribution in [-0.2, 0) is 12.7 Å². The summed E-state index contributed by atoms with van der Waals surface area (Å²) in [6, 6.07) is 8.20. The SMILES string of the molecule is FC(F)(F)c1cc2c(NCc3ccc4c(c3)OCO4)nc(-n3cccn3)nc2s1. The Bertz CT molecular complexity index is 1190. The zero-order valence-electron chi connectivity index (χ0n) is 14.6. The van der Waals surface area contributed by atoms with Crippen LogP contribution in [0.2, 0.25) is 0 Å². The Morgan fingerprint density at radius 1 is 1.14 bits per heavy atom. The number of nitrogens with zero attached hydrogens (tertiary/aromatic N) is 4. The first-order valence-corrected chi connectivity index (χ1v) is 9.30. The molecule has 0 fully saturated rings. The first-order valence-electron chi connectivity index (χ1n) is 8.48. The fourth-order valence-corrected chi connectivity index (χ4v) is 3.80. The lowest BCUT2D eigenvalue weighted by Crippen LogP contribution is -2.07. The number of thiophene rings is 1. The number of rotatable bonds is 4. The molecule has 0 spiro atoms. The van der Waals surface area contributed by atoms with Gasteiger partial charge in [-0.3, -0.25) is 0 Å². The van der Waals surface area contributed by atoms with Crippen LogP contribution in [0.4, 0.5) is 19.0 Å². The van der Waals surface area contributed by atoms with E-state index in [1.807, 2.05) is 12.1 Å². The van der Waals surface area contributed by atoms with Crippen LogP contribution in [0.25, 0.3) is 16.2 Å². The Morgan fingerprint density at radius 3 is 2.79 bits per heavy atom. The minimum atomic E-state index is -4.45. The summed E-state index contributed by atoms with van der Waals surface area (Å²) in [5.41, 5.74) is 0.868. The van der Waals surface area contributed by atoms with Gasteiger partial charge in [-0.1, -0.05) is 6.07 Å². The predicted molar refractivity (Wildman–Crippen MR) is 99.4 cm³/mol. The Labute approximate surface area is 165 Å². The molecule has 5 rings (SSSR count). The first-order chi connectivity index (χ1) is 14.0. The summed E-state index contributed by atoms with van der Waals surface area (Å²) in [5, 5.41) is 7.48. The Balaban J connectivity index is 1.53. The summed E-state index contributed by atoms with van der Waals surface area (Å²) >= 11 is 0.574. The molecule has 0 atom stereocenters. The van der Waals surface area contributed by atoms with Gasteiger partial charge < -0.3 is 14.8 Å². The Kier molecular flexibility index (Phi) is 4.05. The van der Waals surface area contributed by atoms with E-state index < -0.39 is 11.1 Å². The van der Waals surface area contributed by atoms with Crippen molar-refractivity contribution in [2.75, 3.05) is 12.1 Å². The van der Waals surface area contributed by atoms with Crippen LogP contribution in [0.5, 0.6) is 11.5 Å². The van der Waals surface area contributed by atoms with Crippen LogP contribution in [0.3, 0.4) is 0 Å². The van der Waals surface area contributed by atoms with Crippen LogP contribution < -0.4 is 14.8 Å². The second kappa shape index (κ2) is 6.62. The molecule has 3 aromatic heterocycles. The average Bonchev–Trinajstić information content (AvgIpc) is 3.44. The first kappa shape index (κ1) is 17.7. The normalized spacial score (nSPS) is 13.2. The van der Waals surface area contributed by atoms with E-state index in [9.17, 15) is 13.2 Å². The van der Waals surface area contributed by atoms with Crippen LogP contribution in [-0.4, -0.2) is 26.5 Å². The number of aromatic nitrogens is 4. The van der Waals surface area contributed by atoms with Gasteiger partial charge in [0.25, 0.3) is 5.95 Å². The third kappa shape index (κ3) is 3.33. The monoisotopic (exact) mass is 419 g/mol. The van der Waals surface area contributed by atoms with Crippen LogP contribution in [0, 0.1) is 0 Å². The van der Waals surface area contributed by atoms with Crippen molar-refractivity contribution in [2.24, 2.45) is 0 Å². The standard InChI is InChI=1S/C18H12F3N5O2S/c19-18(20,21)14-7-11-15(22-8-10-2-3-12-13(6-10)28-9-27-12)24-17(25-16(11)29-14)26-5-1-4-23-26/h1-7H,8-9H2,(H,22,24,25). The number of hydrogen-bond acceptors (Lipinski definition) is 7. The quantitative estimate of drug-likeness (QED) is 0.534. The number of benzene rings is 1. The fraction of sp³-hybridized carbons (Fsp3) is 0.167. The molecule has 0 saturated heterocycles. The lowest BCUT2D eigenvalue weighted by Gasteiger charge is -2.09. The van der Waals surface area contributed by atoms with Gasteiger partial charge in [-0.2, -0.15) is 28.2 Å². The molecule has 0 bridgehead atoms. The predicted octanol–water partition coefficient (Wildman–Crippen LogP) is 4.24. The van der Waals surface area contributed by atoms with Crippen molar-refractivity contribution >= 4 is 27.4 Å². The zero-order valence-corrected chi connectivity index (χ0v) is 15.4. The molecule has 0 unspecified atom stereocenters. The van der Waals surface area contributed by atoms with Gasteiger partial charge in [-0.05, 0) is 29.8 Å². The molecule has 4 heterocycles. The average molecular weight is 419 g/mol. The van der Waals surface area contributed by atoms with Crippen molar-refractivity contribution in [1.29, 1.82) is 0 Å². The topological polar surface area (TPSA) is 74.1 Å². The van der Waals surface area contributed by atoms with Gasteiger partial charge in [0, 0.05) is 18.9 Å². The molecule has 1 aliphatic heterocycles. The lowest BCUT2D eigenvalue weighted by atomic mass is 10.2. The van der Waals surface area contributed by atoms with Gasteiger partial charge in [-0.25, -0.2) is 4.68 Å². The molecule has 11 heteroatoms. The second-order valence-electron chi connectivity index (χ2n) is 6.19. The molecule has 0 amide bonds. The third-order valence-electron chi connectivity index (χ3n) is 4.27. The van der Waals surface area contributed by atoms with E-state index in [2.05, 4.69) is 20.4 Å². The van der Waals surface area contributed by atoms with Crippen LogP contribution in [0.1, 0.15) is 10.4 Å². The number of alkyl halides is 3. The largest absolute Gasteiger partial charge is 0.454 e. The summed E-state index contributed by atoms with van der Waals surface area (Å²) in [4.78, 5) is 8.13. The molecule has 4 aromatic rings. The van der Waals surface area contributed by atoms with Gasteiger partial charge in [0.05, 0.1) is 5.39 Å². The fourth-order valence-electron chi connectivity index (χ4n) is 2.91. The molecular formula is C18H12F3N5O2S. The summed E-state index contributed by atoms with van der Waals surface area (Å²) in [6.45, 7) is 0.500. The van der Waals surface area contributed by atoms with E-state index in [-0.39, 0.29) is 17.6 Å². The number of nitrogens with one attached hydrogen (secondary N) is 1. The molecule has 0 saturated carbocycles. The number of fused-ring (bicyclic) bond motifs is 2. The highest BCUT2D eigenvalue weighted by Gasteiger charge is 2.33. The maximum atomic E-state index is 13.2. The molecule has 148 valence electrons. The highest BCUT2D eigenvalue weighted by Crippen LogP contribution is 2.39. The van der Waals surface area contributed by atoms with Gasteiger partial charge in [-0.15, -0.1) is 11.3 Å². The molecule has 0 aliphatic carbocycles. The zero-order chi connectivity index (χ0) is 20.0. The summed E-state index contributed by atoms with van der Waals surface area (Å²) in [7, 11) is 0. The molecule has 1 N–H and O–H groups in total. The molecule has 7 nitrogen and oxygen atoms in total. The van der Waals surface area contributed by atoms with E-state index in [1.165, 1.54) is 4.68 Å². The van der Waals surface area contributed by atoms with Gasteiger partial charge >= 0.3 is 6.18 Å². The third-order valence-corrected chi connectivity index (χ3v) is 5.34. The summed E-state index contributed by atoms with van der Waals surface area (Å²) in [6.07, 6.45) is -1.28. The van der Waals surface area contributed by atoms with Gasteiger partial charge in [0.1, 0.15) is 15.5 Å². The van der Waals surface area contributed by atoms with Crippen molar-refractivity contribution in [3.8, 4) is 17.4 Å². The van der Waals surface area contributed by atoms with E-state index in [1.54, 1.807) is 24.5 Å². The van der Waals surface area contributed by atoms with Crippen molar-refractivity contribution in [2.45, 2.75) is 12.7 Å². The van der Waals surface area contributed by atoms with Gasteiger partial charge in [0.2, 0.25) is 6.79 Å². The number of ether oxygens (including phenoxy) is 2. The Morgan fingerprint density at radius 2 is 2.00 bits per heavy atom. The number of halogens is 3. The van der Waals surface area contributed by atoms with Crippen molar-refractivity contribution in [3.05, 3.63) is 53.2 Å². The summed E-state index contributed by atoms with van der Waals surface area (Å²) < 4.78 is 51.7. The van der Waals surface area contributed by atoms with Crippen molar-refractivity contribution in [1.82, 2.24) is 19.7 Å². The summed E-state index contributed by atoms with van der Waals surface area (Å²) in [5.74, 6) is 1.77. The highest BCUT2D eigenvalue weighted by molar-refractivity contribution is 7.18. The van der Waals surface area contributed by atoms with Crippen molar-refractivity contribution in [3.63, 3.8) is 0 Å². The minimum Gasteiger partial charge on any atom is -0.454 e. The van der Waals surface area contributed by atoms with E-state index in [0.717, 1.165) is 11.6 Å². The van der Waals surface area contributed by atoms with E-state index >= 15 is 0 Å². The second-order valence-corrected chi connectivity index (χ2v) is 7.22. The molecule has 1 aliphatic rings. The molecular weight excluding hydrogens is 407 g/mol. The maximum Gasteiger partial charge on any atom is 0.425 e. The minimum absolute atomic E-state index is 0.168. The molecule has 0 radical (unpaired) electrons. The molecule has 29 heavy (non-hydrogen) atoms. The number of anilines is 1. The van der Waals surface area contributed by atoms with E-state index in [4.69, 9.17) is 9.47 Å². The van der Waals surface area contributed by atoms with Gasteiger partial charge in [0.15, 0.2) is 11.5 Å². The van der Waals surface area contributed by atoms with Crippen molar-refractivity contribution < 1.29 is 22.6 Å². The molecule has 1 aromatic carbocycles. The Hall–Kier alpha value is -3.34. The van der Waals surface area contributed by atoms with Crippen LogP contribution >= 0.6 is 11.3 Å². The number of hydrogen-bond donors (Lipinski definition) is 1. The smallest absolute Gasteiger partial charge is 0.425 e. The highest BCUT2D eigenvalue weighted by atomic mass is 32.1. The lowest BCUT2D eigenvalue weighted by molar-refractivity contribution is -0.134. The van der Waals surface area contributed by atoms with Crippen LogP contribution in [0.15, 0.2) is 42.7 Å². The maximum absolute atomic E-state index is 13.2.